The molecule has 0 aliphatic carbocycles. The molecular weight excluding hydrogens is 380 g/mol. The smallest absolute Gasteiger partial charge is 0.269 e. The number of nitrogens with one attached hydrogen (secondary N) is 1. The Balaban J connectivity index is 1.69. The van der Waals surface area contributed by atoms with E-state index in [1.807, 2.05) is 24.3 Å². The van der Waals surface area contributed by atoms with Crippen LogP contribution in [0.5, 0.6) is 5.75 Å². The van der Waals surface area contributed by atoms with Gasteiger partial charge in [-0.3, -0.25) is 14.9 Å². The average Bonchev–Trinajstić information content (AvgIpc) is 3.02. The van der Waals surface area contributed by atoms with Gasteiger partial charge in [0.1, 0.15) is 15.5 Å². The Morgan fingerprint density at radius 3 is 2.64 bits per heavy atom. The van der Waals surface area contributed by atoms with Gasteiger partial charge in [0.2, 0.25) is 0 Å². The van der Waals surface area contributed by atoms with Crippen molar-refractivity contribution in [2.24, 2.45) is 0 Å². The third-order valence-electron chi connectivity index (χ3n) is 4.26. The van der Waals surface area contributed by atoms with Crippen LogP contribution < -0.4 is 15.8 Å². The zero-order valence-electron chi connectivity index (χ0n) is 14.6. The van der Waals surface area contributed by atoms with E-state index in [0.717, 1.165) is 10.9 Å². The largest absolute Gasteiger partial charge is 0.497 e. The van der Waals surface area contributed by atoms with Gasteiger partial charge in [-0.25, -0.2) is 4.98 Å². The van der Waals surface area contributed by atoms with Gasteiger partial charge in [-0.05, 0) is 36.4 Å². The Kier molecular flexibility index (Phi) is 4.28. The molecule has 0 atom stereocenters. The summed E-state index contributed by atoms with van der Waals surface area (Å²) >= 11 is 1.20. The maximum Gasteiger partial charge on any atom is 0.269 e. The van der Waals surface area contributed by atoms with Crippen molar-refractivity contribution in [3.8, 4) is 5.75 Å². The van der Waals surface area contributed by atoms with E-state index in [1.165, 1.54) is 35.6 Å². The molecule has 2 aromatic carbocycles. The van der Waals surface area contributed by atoms with Crippen LogP contribution in [0.1, 0.15) is 9.67 Å². The van der Waals surface area contributed by atoms with E-state index in [9.17, 15) is 14.9 Å². The molecule has 0 aliphatic rings. The average molecular weight is 394 g/mol. The summed E-state index contributed by atoms with van der Waals surface area (Å²) in [5.41, 5.74) is 7.72. The molecule has 9 heteroatoms. The Hall–Kier alpha value is -3.72. The summed E-state index contributed by atoms with van der Waals surface area (Å²) in [4.78, 5) is 28.5. The van der Waals surface area contributed by atoms with Crippen molar-refractivity contribution in [2.75, 3.05) is 18.2 Å². The van der Waals surface area contributed by atoms with Crippen molar-refractivity contribution in [2.45, 2.75) is 0 Å². The minimum absolute atomic E-state index is 0.0503. The van der Waals surface area contributed by atoms with E-state index in [0.29, 0.717) is 32.2 Å². The molecule has 0 fully saturated rings. The molecule has 2 heterocycles. The van der Waals surface area contributed by atoms with Gasteiger partial charge in [0.15, 0.2) is 0 Å². The molecule has 28 heavy (non-hydrogen) atoms. The lowest BCUT2D eigenvalue weighted by Crippen LogP contribution is -2.11. The second-order valence-electron chi connectivity index (χ2n) is 6.00. The number of nitro groups is 1. The van der Waals surface area contributed by atoms with Gasteiger partial charge in [0.05, 0.1) is 23.2 Å². The fourth-order valence-corrected chi connectivity index (χ4v) is 3.81. The van der Waals surface area contributed by atoms with Gasteiger partial charge in [0, 0.05) is 28.6 Å². The van der Waals surface area contributed by atoms with Crippen molar-refractivity contribution in [1.29, 1.82) is 0 Å². The van der Waals surface area contributed by atoms with Gasteiger partial charge in [-0.2, -0.15) is 0 Å². The number of rotatable bonds is 4. The molecule has 0 bridgehead atoms. The molecule has 4 aromatic rings. The number of methoxy groups -OCH3 is 1. The Bertz CT molecular complexity index is 1230. The molecule has 4 rings (SSSR count). The number of thiophene rings is 1. The third kappa shape index (κ3) is 3.08. The molecule has 0 saturated heterocycles. The first-order valence-corrected chi connectivity index (χ1v) is 9.00. The number of aromatic nitrogens is 1. The number of anilines is 2. The van der Waals surface area contributed by atoms with E-state index in [-0.39, 0.29) is 5.69 Å². The first-order valence-electron chi connectivity index (χ1n) is 8.19. The number of non-ortho nitro benzene ring substituents is 1. The minimum Gasteiger partial charge on any atom is -0.497 e. The fraction of sp³-hybridized carbons (Fsp3) is 0.0526. The number of nitrogens with two attached hydrogens (primary N) is 1. The van der Waals surface area contributed by atoms with Crippen LogP contribution in [0.25, 0.3) is 21.1 Å². The number of benzene rings is 2. The van der Waals surface area contributed by atoms with Crippen LogP contribution in [0.15, 0.2) is 48.5 Å². The van der Waals surface area contributed by atoms with Crippen LogP contribution in [0.2, 0.25) is 0 Å². The number of nitro benzene ring substituents is 1. The molecule has 0 unspecified atom stereocenters. The molecule has 1 amide bonds. The maximum atomic E-state index is 12.7. The third-order valence-corrected chi connectivity index (χ3v) is 5.38. The van der Waals surface area contributed by atoms with Crippen molar-refractivity contribution >= 4 is 55.4 Å². The van der Waals surface area contributed by atoms with Crippen LogP contribution in [0.3, 0.4) is 0 Å². The predicted molar refractivity (Wildman–Crippen MR) is 109 cm³/mol. The molecule has 0 radical (unpaired) electrons. The maximum absolute atomic E-state index is 12.7. The van der Waals surface area contributed by atoms with E-state index in [2.05, 4.69) is 10.3 Å². The summed E-state index contributed by atoms with van der Waals surface area (Å²) < 4.78 is 5.23. The second kappa shape index (κ2) is 6.78. The second-order valence-corrected chi connectivity index (χ2v) is 7.00. The van der Waals surface area contributed by atoms with E-state index >= 15 is 0 Å². The molecule has 0 aliphatic heterocycles. The highest BCUT2D eigenvalue weighted by Gasteiger charge is 2.18. The summed E-state index contributed by atoms with van der Waals surface area (Å²) in [6.07, 6.45) is 0. The van der Waals surface area contributed by atoms with Crippen LogP contribution in [-0.2, 0) is 0 Å². The van der Waals surface area contributed by atoms with Crippen molar-refractivity contribution in [3.05, 3.63) is 63.5 Å². The van der Waals surface area contributed by atoms with Crippen LogP contribution in [-0.4, -0.2) is 22.9 Å². The molecule has 140 valence electrons. The summed E-state index contributed by atoms with van der Waals surface area (Å²) in [5, 5.41) is 15.0. The fourth-order valence-electron chi connectivity index (χ4n) is 2.83. The molecule has 2 aromatic heterocycles. The Morgan fingerprint density at radius 1 is 1.21 bits per heavy atom. The number of pyridine rings is 1. The van der Waals surface area contributed by atoms with Crippen molar-refractivity contribution in [3.63, 3.8) is 0 Å². The number of fused-ring (bicyclic) bond motifs is 2. The summed E-state index contributed by atoms with van der Waals surface area (Å²) in [7, 11) is 1.59. The molecule has 8 nitrogen and oxygen atoms in total. The summed E-state index contributed by atoms with van der Waals surface area (Å²) in [6.45, 7) is 0. The van der Waals surface area contributed by atoms with Crippen LogP contribution in [0, 0.1) is 10.1 Å². The highest BCUT2D eigenvalue weighted by atomic mass is 32.1. The number of carbonyl (C=O) groups is 1. The standard InChI is InChI=1S/C19H14N4O4S/c1-27-13-6-7-15-10(8-13)9-14-16(20)17(28-19(14)22-15)18(24)21-11-2-4-12(5-3-11)23(25)26/h2-9H,20H2,1H3,(H,21,24). The van der Waals surface area contributed by atoms with E-state index in [4.69, 9.17) is 10.5 Å². The van der Waals surface area contributed by atoms with Gasteiger partial charge in [-0.15, -0.1) is 11.3 Å². The summed E-state index contributed by atoms with van der Waals surface area (Å²) in [6, 6.07) is 13.0. The number of ether oxygens (including phenoxy) is 1. The normalized spacial score (nSPS) is 10.9. The summed E-state index contributed by atoms with van der Waals surface area (Å²) in [5.74, 6) is 0.314. The van der Waals surface area contributed by atoms with Gasteiger partial charge < -0.3 is 15.8 Å². The zero-order chi connectivity index (χ0) is 19.8. The highest BCUT2D eigenvalue weighted by Crippen LogP contribution is 2.35. The zero-order valence-corrected chi connectivity index (χ0v) is 15.4. The van der Waals surface area contributed by atoms with Gasteiger partial charge >= 0.3 is 0 Å². The first-order chi connectivity index (χ1) is 13.5. The van der Waals surface area contributed by atoms with E-state index in [1.54, 1.807) is 7.11 Å². The van der Waals surface area contributed by atoms with Crippen LogP contribution in [0.4, 0.5) is 17.1 Å². The van der Waals surface area contributed by atoms with Crippen molar-refractivity contribution < 1.29 is 14.5 Å². The first kappa shape index (κ1) is 17.7. The highest BCUT2D eigenvalue weighted by molar-refractivity contribution is 7.21. The minimum atomic E-state index is -0.499. The predicted octanol–water partition coefficient (Wildman–Crippen LogP) is 4.20. The lowest BCUT2D eigenvalue weighted by Gasteiger charge is -2.04. The number of carbonyl (C=O) groups excluding carboxylic acids is 1. The Labute approximate surface area is 162 Å². The van der Waals surface area contributed by atoms with Gasteiger partial charge in [-0.1, -0.05) is 0 Å². The van der Waals surface area contributed by atoms with E-state index < -0.39 is 10.8 Å². The Morgan fingerprint density at radius 2 is 1.96 bits per heavy atom. The lowest BCUT2D eigenvalue weighted by molar-refractivity contribution is -0.384. The lowest BCUT2D eigenvalue weighted by atomic mass is 10.1. The van der Waals surface area contributed by atoms with Crippen LogP contribution >= 0.6 is 11.3 Å². The van der Waals surface area contributed by atoms with Crippen molar-refractivity contribution in [1.82, 2.24) is 4.98 Å². The number of hydrogen-bond acceptors (Lipinski definition) is 7. The number of amides is 1. The quantitative estimate of drug-likeness (QED) is 0.395. The monoisotopic (exact) mass is 394 g/mol. The molecule has 3 N–H and O–H groups in total. The molecule has 0 saturated carbocycles. The SMILES string of the molecule is COc1ccc2nc3sc(C(=O)Nc4ccc([N+](=O)[O-])cc4)c(N)c3cc2c1. The number of nitrogens with zero attached hydrogens (tertiary/aromatic N) is 2. The molecule has 0 spiro atoms. The number of hydrogen-bond donors (Lipinski definition) is 2. The number of nitrogen functional groups attached to an aromatic ring is 1. The van der Waals surface area contributed by atoms with Gasteiger partial charge in [0.25, 0.3) is 11.6 Å². The molecular formula is C19H14N4O4S. The topological polar surface area (TPSA) is 120 Å².